The van der Waals surface area contributed by atoms with Gasteiger partial charge in [-0.2, -0.15) is 0 Å². The maximum Gasteiger partial charge on any atom is 0.313 e. The second-order valence-electron chi connectivity index (χ2n) is 5.05. The van der Waals surface area contributed by atoms with E-state index in [2.05, 4.69) is 10.2 Å². The van der Waals surface area contributed by atoms with Crippen LogP contribution in [0.2, 0.25) is 0 Å². The van der Waals surface area contributed by atoms with Gasteiger partial charge in [0.15, 0.2) is 5.16 Å². The smallest absolute Gasteiger partial charge is 0.313 e. The summed E-state index contributed by atoms with van der Waals surface area (Å²) in [7, 11) is 1.77. The van der Waals surface area contributed by atoms with Crippen molar-refractivity contribution < 1.29 is 14.5 Å². The van der Waals surface area contributed by atoms with Crippen LogP contribution in [0, 0.1) is 10.1 Å². The second-order valence-corrected chi connectivity index (χ2v) is 6.36. The van der Waals surface area contributed by atoms with Crippen LogP contribution in [0.25, 0.3) is 0 Å². The molecule has 0 unspecified atom stereocenters. The van der Waals surface area contributed by atoms with Crippen molar-refractivity contribution in [3.63, 3.8) is 0 Å². The monoisotopic (exact) mass is 350 g/mol. The predicted octanol–water partition coefficient (Wildman–Crippen LogP) is 2.68. The number of rotatable bonds is 7. The van der Waals surface area contributed by atoms with Crippen molar-refractivity contribution >= 4 is 23.4 Å². The molecule has 0 spiro atoms. The van der Waals surface area contributed by atoms with Crippen molar-refractivity contribution in [3.05, 3.63) is 45.8 Å². The lowest BCUT2D eigenvalue weighted by Crippen LogP contribution is -2.11. The van der Waals surface area contributed by atoms with Gasteiger partial charge >= 0.3 is 5.97 Å². The zero-order valence-corrected chi connectivity index (χ0v) is 14.4. The highest BCUT2D eigenvalue weighted by molar-refractivity contribution is 7.99. The maximum absolute atomic E-state index is 11.5. The molecule has 1 atom stereocenters. The number of nitro benzene ring substituents is 1. The lowest BCUT2D eigenvalue weighted by atomic mass is 10.1. The van der Waals surface area contributed by atoms with Gasteiger partial charge in [-0.3, -0.25) is 14.9 Å². The largest absolute Gasteiger partial charge is 0.466 e. The highest BCUT2D eigenvalue weighted by Gasteiger charge is 2.18. The Morgan fingerprint density at radius 3 is 2.88 bits per heavy atom. The van der Waals surface area contributed by atoms with Gasteiger partial charge in [-0.1, -0.05) is 23.9 Å². The van der Waals surface area contributed by atoms with Crippen molar-refractivity contribution in [1.29, 1.82) is 0 Å². The van der Waals surface area contributed by atoms with E-state index in [1.807, 2.05) is 13.0 Å². The van der Waals surface area contributed by atoms with Crippen molar-refractivity contribution in [2.45, 2.75) is 30.7 Å². The van der Waals surface area contributed by atoms with E-state index in [0.717, 1.165) is 5.56 Å². The Morgan fingerprint density at radius 1 is 1.46 bits per heavy atom. The summed E-state index contributed by atoms with van der Waals surface area (Å²) >= 11 is 1.42. The van der Waals surface area contributed by atoms with Crippen LogP contribution in [-0.2, 0) is 23.0 Å². The van der Waals surface area contributed by atoms with E-state index in [0.29, 0.717) is 17.6 Å². The molecule has 0 saturated carbocycles. The molecule has 128 valence electrons. The molecule has 1 heterocycles. The minimum atomic E-state index is -0.416. The molecule has 0 fully saturated rings. The third kappa shape index (κ3) is 4.31. The summed E-state index contributed by atoms with van der Waals surface area (Å²) in [6.45, 7) is 4.00. The molecule has 9 heteroatoms. The summed E-state index contributed by atoms with van der Waals surface area (Å²) in [6, 6.07) is 6.50. The average Bonchev–Trinajstić information content (AvgIpc) is 2.88. The fourth-order valence-corrected chi connectivity index (χ4v) is 3.01. The Bertz CT molecular complexity index is 747. The Labute approximate surface area is 143 Å². The maximum atomic E-state index is 11.5. The first-order chi connectivity index (χ1) is 11.4. The third-order valence-corrected chi connectivity index (χ3v) is 4.56. The first-order valence-electron chi connectivity index (χ1n) is 7.37. The van der Waals surface area contributed by atoms with Gasteiger partial charge in [0.05, 0.1) is 11.5 Å². The molecule has 0 bridgehead atoms. The van der Waals surface area contributed by atoms with E-state index < -0.39 is 4.92 Å². The predicted molar refractivity (Wildman–Crippen MR) is 88.7 cm³/mol. The zero-order chi connectivity index (χ0) is 17.7. The van der Waals surface area contributed by atoms with Gasteiger partial charge < -0.3 is 9.30 Å². The average molecular weight is 350 g/mol. The van der Waals surface area contributed by atoms with E-state index in [9.17, 15) is 14.9 Å². The van der Waals surface area contributed by atoms with Gasteiger partial charge in [-0.05, 0) is 19.4 Å². The van der Waals surface area contributed by atoms with Gasteiger partial charge in [-0.25, -0.2) is 0 Å². The van der Waals surface area contributed by atoms with Crippen LogP contribution < -0.4 is 0 Å². The van der Waals surface area contributed by atoms with E-state index in [-0.39, 0.29) is 23.3 Å². The van der Waals surface area contributed by atoms with Crippen LogP contribution >= 0.6 is 11.8 Å². The fourth-order valence-electron chi connectivity index (χ4n) is 2.06. The molecule has 0 amide bonds. The number of carbonyl (C=O) groups excluding carboxylic acids is 1. The Hall–Kier alpha value is -2.42. The molecular weight excluding hydrogens is 332 g/mol. The lowest BCUT2D eigenvalue weighted by Gasteiger charge is -2.11. The number of hydrogen-bond donors (Lipinski definition) is 0. The third-order valence-electron chi connectivity index (χ3n) is 3.37. The number of benzene rings is 1. The molecular formula is C15H18N4O4S. The van der Waals surface area contributed by atoms with Crippen molar-refractivity contribution in [2.24, 2.45) is 7.05 Å². The molecule has 0 aliphatic carbocycles. The Morgan fingerprint density at radius 2 is 2.21 bits per heavy atom. The summed E-state index contributed by atoms with van der Waals surface area (Å²) in [5.74, 6) is 0.165. The van der Waals surface area contributed by atoms with E-state index in [1.165, 1.54) is 17.8 Å². The van der Waals surface area contributed by atoms with Crippen LogP contribution in [0.5, 0.6) is 0 Å². The Kier molecular flexibility index (Phi) is 5.91. The number of non-ortho nitro benzene ring substituents is 1. The van der Waals surface area contributed by atoms with Crippen LogP contribution in [0.4, 0.5) is 5.69 Å². The molecule has 0 aliphatic rings. The van der Waals surface area contributed by atoms with Crippen LogP contribution in [0.1, 0.15) is 30.5 Å². The van der Waals surface area contributed by atoms with Gasteiger partial charge in [0.2, 0.25) is 0 Å². The first kappa shape index (κ1) is 17.9. The van der Waals surface area contributed by atoms with E-state index >= 15 is 0 Å². The molecule has 2 aromatic rings. The number of thioether (sulfide) groups is 1. The summed E-state index contributed by atoms with van der Waals surface area (Å²) in [6.07, 6.45) is 0.0586. The SMILES string of the molecule is CCOC(=O)Cc1nnc(S[C@H](C)c2cccc([N+](=O)[O-])c2)n1C. The van der Waals surface area contributed by atoms with Crippen molar-refractivity contribution in [3.8, 4) is 0 Å². The number of carbonyl (C=O) groups is 1. The van der Waals surface area contributed by atoms with Gasteiger partial charge in [0, 0.05) is 24.4 Å². The molecule has 0 radical (unpaired) electrons. The van der Waals surface area contributed by atoms with Gasteiger partial charge in [0.25, 0.3) is 5.69 Å². The number of esters is 1. The molecule has 0 saturated heterocycles. The molecule has 0 N–H and O–H groups in total. The van der Waals surface area contributed by atoms with Crippen molar-refractivity contribution in [2.75, 3.05) is 6.61 Å². The molecule has 1 aromatic heterocycles. The molecule has 0 aliphatic heterocycles. The number of nitrogens with zero attached hydrogens (tertiary/aromatic N) is 4. The van der Waals surface area contributed by atoms with Gasteiger partial charge in [0.1, 0.15) is 12.2 Å². The number of hydrogen-bond acceptors (Lipinski definition) is 7. The summed E-state index contributed by atoms with van der Waals surface area (Å²) in [5.41, 5.74) is 0.880. The number of ether oxygens (including phenoxy) is 1. The van der Waals surface area contributed by atoms with E-state index in [1.54, 1.807) is 30.7 Å². The van der Waals surface area contributed by atoms with Crippen LogP contribution in [0.15, 0.2) is 29.4 Å². The molecule has 2 rings (SSSR count). The molecule has 24 heavy (non-hydrogen) atoms. The quantitative estimate of drug-likeness (QED) is 0.327. The highest BCUT2D eigenvalue weighted by Crippen LogP contribution is 2.34. The van der Waals surface area contributed by atoms with E-state index in [4.69, 9.17) is 4.74 Å². The molecule has 8 nitrogen and oxygen atoms in total. The zero-order valence-electron chi connectivity index (χ0n) is 13.6. The summed E-state index contributed by atoms with van der Waals surface area (Å²) < 4.78 is 6.64. The number of aromatic nitrogens is 3. The lowest BCUT2D eigenvalue weighted by molar-refractivity contribution is -0.384. The van der Waals surface area contributed by atoms with Crippen LogP contribution in [-0.4, -0.2) is 32.3 Å². The first-order valence-corrected chi connectivity index (χ1v) is 8.25. The fraction of sp³-hybridized carbons (Fsp3) is 0.400. The minimum absolute atomic E-state index is 0.0526. The minimum Gasteiger partial charge on any atom is -0.466 e. The standard InChI is InChI=1S/C15H18N4O4S/c1-4-23-14(20)9-13-16-17-15(18(13)3)24-10(2)11-6-5-7-12(8-11)19(21)22/h5-8,10H,4,9H2,1-3H3/t10-/m1/s1. The Balaban J connectivity index is 2.11. The topological polar surface area (TPSA) is 100 Å². The second kappa shape index (κ2) is 7.91. The van der Waals surface area contributed by atoms with Gasteiger partial charge in [-0.15, -0.1) is 10.2 Å². The summed E-state index contributed by atoms with van der Waals surface area (Å²) in [4.78, 5) is 22.0. The summed E-state index contributed by atoms with van der Waals surface area (Å²) in [5, 5.41) is 19.6. The molecule has 1 aromatic carbocycles. The van der Waals surface area contributed by atoms with Crippen LogP contribution in [0.3, 0.4) is 0 Å². The van der Waals surface area contributed by atoms with Crippen molar-refractivity contribution in [1.82, 2.24) is 14.8 Å². The number of nitro groups is 1. The highest BCUT2D eigenvalue weighted by atomic mass is 32.2. The normalized spacial score (nSPS) is 12.0.